The summed E-state index contributed by atoms with van der Waals surface area (Å²) in [7, 11) is -2.86. The number of rotatable bonds is 12. The largest absolute Gasteiger partial charge is 1.00 e. The van der Waals surface area contributed by atoms with Gasteiger partial charge in [0.25, 0.3) is 0 Å². The summed E-state index contributed by atoms with van der Waals surface area (Å²) in [5.41, 5.74) is 13.3. The van der Waals surface area contributed by atoms with E-state index in [1.165, 1.54) is 44.5 Å². The normalized spacial score (nSPS) is 19.5. The predicted octanol–water partition coefficient (Wildman–Crippen LogP) is 2.77. The molecule has 0 heterocycles. The second-order valence-corrected chi connectivity index (χ2v) is 20.5. The molecule has 3 aromatic rings. The standard InChI is InChI=1S/C45H63Si.3ClH.Ti/c1-15-31(7)38-22-39(32(8)16-2)25-43(24-38)46(42-20-29(5)19-30(6)21-42,45(14)28-35(11)36(12)37(45)13)44-26-40(33(9)17-3)23-41(27-44)34(10)18-4;;;;/h19-27,31-34H,15-18H2,1-14H3;3*1H;/q;;;;+3/p-3. The van der Waals surface area contributed by atoms with Gasteiger partial charge in [-0.05, 0) is 0 Å². The van der Waals surface area contributed by atoms with Gasteiger partial charge in [-0.2, -0.15) is 0 Å². The van der Waals surface area contributed by atoms with Crippen molar-refractivity contribution < 1.29 is 57.7 Å². The third-order valence-corrected chi connectivity index (χ3v) is 20.0. The fraction of sp³-hybridized carbons (Fsp3) is 0.511. The number of allylic oxidation sites excluding steroid dienone is 4. The molecule has 4 rings (SSSR count). The first-order valence-electron chi connectivity index (χ1n) is 18.6. The zero-order chi connectivity index (χ0) is 35.0. The second kappa shape index (κ2) is 18.8. The molecular weight excluding hydrogens is 723 g/mol. The van der Waals surface area contributed by atoms with Gasteiger partial charge in [-0.1, -0.05) is 0 Å². The fourth-order valence-electron chi connectivity index (χ4n) is 8.30. The van der Waals surface area contributed by atoms with Crippen molar-refractivity contribution in [2.45, 2.75) is 151 Å². The van der Waals surface area contributed by atoms with Crippen molar-refractivity contribution in [1.29, 1.82) is 0 Å². The molecule has 5 unspecified atom stereocenters. The Balaban J connectivity index is 0.00000417. The summed E-state index contributed by atoms with van der Waals surface area (Å²) < 4.78 is 1.57. The third kappa shape index (κ3) is 8.20. The van der Waals surface area contributed by atoms with Crippen LogP contribution in [-0.2, 0) is 20.4 Å². The first kappa shape index (κ1) is 47.0. The molecule has 5 heteroatoms. The van der Waals surface area contributed by atoms with Crippen molar-refractivity contribution in [3.8, 4) is 0 Å². The zero-order valence-electron chi connectivity index (χ0n) is 33.5. The minimum absolute atomic E-state index is 0. The van der Waals surface area contributed by atoms with Gasteiger partial charge in [0.2, 0.25) is 0 Å². The maximum absolute atomic E-state index is 2.86. The summed E-state index contributed by atoms with van der Waals surface area (Å²) in [6.45, 7) is 33.7. The summed E-state index contributed by atoms with van der Waals surface area (Å²) >= 11 is 2.47. The Bertz CT molecular complexity index is 1520. The van der Waals surface area contributed by atoms with E-state index in [4.69, 9.17) is 0 Å². The minimum Gasteiger partial charge on any atom is -1.00 e. The van der Waals surface area contributed by atoms with Crippen LogP contribution in [0.25, 0.3) is 0 Å². The topological polar surface area (TPSA) is 0 Å². The monoisotopic (exact) mass is 784 g/mol. The van der Waals surface area contributed by atoms with E-state index in [0.29, 0.717) is 23.7 Å². The molecule has 1 aliphatic carbocycles. The van der Waals surface area contributed by atoms with Gasteiger partial charge in [-0.25, -0.2) is 0 Å². The van der Waals surface area contributed by atoms with Crippen LogP contribution in [0, 0.1) is 13.8 Å². The Labute approximate surface area is 338 Å². The Morgan fingerprint density at radius 1 is 0.500 bits per heavy atom. The van der Waals surface area contributed by atoms with E-state index in [0.717, 1.165) is 25.7 Å². The van der Waals surface area contributed by atoms with Crippen molar-refractivity contribution >= 4 is 23.6 Å². The van der Waals surface area contributed by atoms with E-state index in [1.54, 1.807) is 25.0 Å². The van der Waals surface area contributed by atoms with Crippen LogP contribution >= 0.6 is 0 Å². The van der Waals surface area contributed by atoms with E-state index < -0.39 is 8.07 Å². The Kier molecular flexibility index (Phi) is 17.7. The maximum atomic E-state index is 2.69. The van der Waals surface area contributed by atoms with Gasteiger partial charge in [0, 0.05) is 0 Å². The Morgan fingerprint density at radius 3 is 1.06 bits per heavy atom. The van der Waals surface area contributed by atoms with Crippen molar-refractivity contribution in [3.63, 3.8) is 0 Å². The average Bonchev–Trinajstić information content (AvgIpc) is 3.21. The fourth-order valence-corrected chi connectivity index (χ4v) is 16.2. The maximum Gasteiger partial charge on any atom is -1.00 e. The first-order valence-corrected chi connectivity index (χ1v) is 21.4. The van der Waals surface area contributed by atoms with Gasteiger partial charge in [-0.3, -0.25) is 0 Å². The van der Waals surface area contributed by atoms with Crippen LogP contribution in [0.15, 0.2) is 75.2 Å². The molecule has 0 N–H and O–H groups in total. The van der Waals surface area contributed by atoms with E-state index in [2.05, 4.69) is 172 Å². The summed E-state index contributed by atoms with van der Waals surface area (Å²) in [6, 6.07) is 23.4. The van der Waals surface area contributed by atoms with Gasteiger partial charge in [0.15, 0.2) is 0 Å². The number of hydrogen-bond acceptors (Lipinski definition) is 0. The Morgan fingerprint density at radius 2 is 0.800 bits per heavy atom. The molecule has 3 aromatic carbocycles. The molecule has 0 saturated heterocycles. The van der Waals surface area contributed by atoms with Crippen LogP contribution in [0.2, 0.25) is 5.04 Å². The van der Waals surface area contributed by atoms with E-state index in [9.17, 15) is 0 Å². The molecule has 0 spiro atoms. The van der Waals surface area contributed by atoms with Gasteiger partial charge >= 0.3 is 304 Å². The number of aryl methyl sites for hydroxylation is 2. The molecule has 5 atom stereocenters. The molecule has 0 amide bonds. The first-order chi connectivity index (χ1) is 22.1. The SMILES string of the molecule is CCC(C)c1cc(C(C)CC)cc([Si](c2cc(C)cc(C)c2)(c2cc(C(C)CC)cc(C(C)CC)c2)C2(C)C(C)=C(C)C(C)=[C]2[Ti+3])c1.[Cl-].[Cl-].[Cl-]. The third-order valence-electron chi connectivity index (χ3n) is 12.7. The minimum atomic E-state index is -2.86. The molecule has 50 heavy (non-hydrogen) atoms. The van der Waals surface area contributed by atoms with Gasteiger partial charge in [0.05, 0.1) is 0 Å². The molecule has 1 aliphatic rings. The van der Waals surface area contributed by atoms with Gasteiger partial charge in [0.1, 0.15) is 0 Å². The van der Waals surface area contributed by atoms with Crippen molar-refractivity contribution in [2.24, 2.45) is 0 Å². The molecule has 0 radical (unpaired) electrons. The molecule has 0 aromatic heterocycles. The summed E-state index contributed by atoms with van der Waals surface area (Å²) in [6.07, 6.45) is 4.60. The molecule has 0 aliphatic heterocycles. The van der Waals surface area contributed by atoms with E-state index >= 15 is 0 Å². The van der Waals surface area contributed by atoms with Crippen molar-refractivity contribution in [3.05, 3.63) is 109 Å². The van der Waals surface area contributed by atoms with Gasteiger partial charge < -0.3 is 37.2 Å². The molecule has 0 fully saturated rings. The van der Waals surface area contributed by atoms with Crippen LogP contribution in [0.4, 0.5) is 0 Å². The van der Waals surface area contributed by atoms with Crippen molar-refractivity contribution in [2.75, 3.05) is 0 Å². The van der Waals surface area contributed by atoms with Crippen LogP contribution in [0.3, 0.4) is 0 Å². The molecule has 0 bridgehead atoms. The van der Waals surface area contributed by atoms with E-state index in [1.807, 2.05) is 0 Å². The quantitative estimate of drug-likeness (QED) is 0.196. The summed E-state index contributed by atoms with van der Waals surface area (Å²) in [4.78, 5) is 0. The summed E-state index contributed by atoms with van der Waals surface area (Å²) in [5, 5.41) is 4.63. The van der Waals surface area contributed by atoms with Crippen LogP contribution in [-0.4, -0.2) is 8.07 Å². The van der Waals surface area contributed by atoms with E-state index in [-0.39, 0.29) is 42.3 Å². The van der Waals surface area contributed by atoms with Crippen LogP contribution in [0.5, 0.6) is 0 Å². The average molecular weight is 786 g/mol. The molecular formula is C45H63Cl3SiTi. The molecule has 272 valence electrons. The van der Waals surface area contributed by atoms with Crippen molar-refractivity contribution in [1.82, 2.24) is 0 Å². The number of hydrogen-bond donors (Lipinski definition) is 0. The van der Waals surface area contributed by atoms with Crippen LogP contribution in [0.1, 0.15) is 166 Å². The Hall–Kier alpha value is -1.06. The molecule has 0 nitrogen and oxygen atoms in total. The number of benzene rings is 3. The van der Waals surface area contributed by atoms with Crippen LogP contribution < -0.4 is 52.8 Å². The number of halogens is 3. The summed E-state index contributed by atoms with van der Waals surface area (Å²) in [5.74, 6) is 2.05. The second-order valence-electron chi connectivity index (χ2n) is 15.5. The van der Waals surface area contributed by atoms with Gasteiger partial charge in [-0.15, -0.1) is 0 Å². The predicted molar refractivity (Wildman–Crippen MR) is 208 cm³/mol. The molecule has 0 saturated carbocycles. The smallest absolute Gasteiger partial charge is 1.00 e. The zero-order valence-corrected chi connectivity index (χ0v) is 38.3.